The summed E-state index contributed by atoms with van der Waals surface area (Å²) in [7, 11) is -4.29. The van der Waals surface area contributed by atoms with E-state index < -0.39 is 16.4 Å². The van der Waals surface area contributed by atoms with Gasteiger partial charge in [-0.25, -0.2) is 14.8 Å². The van der Waals surface area contributed by atoms with E-state index in [9.17, 15) is 22.8 Å². The maximum atomic E-state index is 13.5. The number of aryl methyl sites for hydroxylation is 1. The summed E-state index contributed by atoms with van der Waals surface area (Å²) in [5.74, 6) is 0.449. The molecule has 3 aromatic rings. The number of hydrogen-bond donors (Lipinski definition) is 3. The minimum atomic E-state index is -4.29. The molecule has 1 aliphatic heterocycles. The minimum absolute atomic E-state index is 0.0312. The number of ketones is 1. The van der Waals surface area contributed by atoms with E-state index >= 15 is 0 Å². The summed E-state index contributed by atoms with van der Waals surface area (Å²) >= 11 is 0. The molecule has 2 fully saturated rings. The summed E-state index contributed by atoms with van der Waals surface area (Å²) in [5, 5.41) is 14.7. The van der Waals surface area contributed by atoms with Gasteiger partial charge in [-0.05, 0) is 51.3 Å². The van der Waals surface area contributed by atoms with Crippen LogP contribution in [0.2, 0.25) is 0 Å². The van der Waals surface area contributed by atoms with Gasteiger partial charge in [-0.3, -0.25) is 14.2 Å². The molecule has 1 aliphatic carbocycles. The Morgan fingerprint density at radius 2 is 1.89 bits per heavy atom. The zero-order valence-electron chi connectivity index (χ0n) is 24.8. The molecule has 0 spiro atoms. The standard InChI is InChI=1S/C28H36N8O7S/c1-17-16-34(44(41,42)43-28(40)29-10-13-37)11-12-35(17)21-8-9-23(30-14-21)32-27-31-15-22-18(2)24(19(3)38)26(39)36(25(22)33-27)20-6-4-5-7-20/h8-9,14-15,17,20,37H,4-7,10-13,16H2,1-3H3,(H,29,40)(H,30,31,32,33)/t17-/m0/s1. The van der Waals surface area contributed by atoms with Crippen molar-refractivity contribution in [1.82, 2.24) is 29.1 Å². The normalized spacial score (nSPS) is 18.0. The number of hydrogen-bond acceptors (Lipinski definition) is 12. The van der Waals surface area contributed by atoms with Crippen molar-refractivity contribution < 1.29 is 27.3 Å². The molecular formula is C28H36N8O7S. The zero-order chi connectivity index (χ0) is 31.6. The van der Waals surface area contributed by atoms with Crippen LogP contribution in [-0.2, 0) is 14.5 Å². The highest BCUT2D eigenvalue weighted by Gasteiger charge is 2.34. The van der Waals surface area contributed by atoms with Gasteiger partial charge in [0.2, 0.25) is 5.95 Å². The summed E-state index contributed by atoms with van der Waals surface area (Å²) < 4.78 is 32.4. The number of rotatable bonds is 9. The van der Waals surface area contributed by atoms with Crippen LogP contribution in [0, 0.1) is 6.92 Å². The second-order valence-corrected chi connectivity index (χ2v) is 12.5. The summed E-state index contributed by atoms with van der Waals surface area (Å²) in [5.41, 5.74) is 1.67. The number of anilines is 3. The molecule has 4 heterocycles. The molecule has 0 bridgehead atoms. The number of aliphatic hydroxyl groups excluding tert-OH is 1. The van der Waals surface area contributed by atoms with Crippen LogP contribution in [0.25, 0.3) is 11.0 Å². The largest absolute Gasteiger partial charge is 0.423 e. The van der Waals surface area contributed by atoms with E-state index in [-0.39, 0.29) is 61.2 Å². The fraction of sp³-hybridized carbons (Fsp3) is 0.500. The Hall–Kier alpha value is -4.15. The number of nitrogens with one attached hydrogen (secondary N) is 2. The molecule has 0 aromatic carbocycles. The van der Waals surface area contributed by atoms with E-state index in [4.69, 9.17) is 10.1 Å². The minimum Gasteiger partial charge on any atom is -0.395 e. The maximum Gasteiger partial charge on any atom is 0.423 e. The second-order valence-electron chi connectivity index (χ2n) is 11.0. The lowest BCUT2D eigenvalue weighted by atomic mass is 10.0. The Morgan fingerprint density at radius 1 is 1.14 bits per heavy atom. The van der Waals surface area contributed by atoms with Crippen molar-refractivity contribution in [2.45, 2.75) is 58.5 Å². The Bertz CT molecular complexity index is 1720. The predicted molar refractivity (Wildman–Crippen MR) is 162 cm³/mol. The number of fused-ring (bicyclic) bond motifs is 1. The van der Waals surface area contributed by atoms with Gasteiger partial charge in [0, 0.05) is 49.8 Å². The Morgan fingerprint density at radius 3 is 2.52 bits per heavy atom. The van der Waals surface area contributed by atoms with Crippen molar-refractivity contribution >= 4 is 50.7 Å². The molecule has 16 heteroatoms. The molecule has 1 atom stereocenters. The van der Waals surface area contributed by atoms with E-state index in [1.165, 1.54) is 6.92 Å². The fourth-order valence-corrected chi connectivity index (χ4v) is 6.96. The van der Waals surface area contributed by atoms with Crippen molar-refractivity contribution in [1.29, 1.82) is 0 Å². The highest BCUT2D eigenvalue weighted by Crippen LogP contribution is 2.32. The van der Waals surface area contributed by atoms with Gasteiger partial charge >= 0.3 is 16.4 Å². The predicted octanol–water partition coefficient (Wildman–Crippen LogP) is 2.03. The average molecular weight is 629 g/mol. The lowest BCUT2D eigenvalue weighted by Crippen LogP contribution is -2.54. The third kappa shape index (κ3) is 6.37. The van der Waals surface area contributed by atoms with E-state index in [2.05, 4.69) is 24.8 Å². The fourth-order valence-electron chi connectivity index (χ4n) is 5.90. The maximum absolute atomic E-state index is 13.5. The quantitative estimate of drug-likeness (QED) is 0.293. The van der Waals surface area contributed by atoms with Crippen molar-refractivity contribution in [3.63, 3.8) is 0 Å². The molecule has 0 radical (unpaired) electrons. The first-order valence-corrected chi connectivity index (χ1v) is 15.9. The molecule has 3 aromatic heterocycles. The Balaban J connectivity index is 1.31. The van der Waals surface area contributed by atoms with Crippen molar-refractivity contribution in [3.05, 3.63) is 46.0 Å². The van der Waals surface area contributed by atoms with Crippen LogP contribution in [0.4, 0.5) is 22.2 Å². The Kier molecular flexibility index (Phi) is 9.12. The Labute approximate surface area is 254 Å². The molecule has 1 amide bonds. The van der Waals surface area contributed by atoms with Gasteiger partial charge in [-0.1, -0.05) is 12.8 Å². The number of amides is 1. The van der Waals surface area contributed by atoms with E-state index in [0.29, 0.717) is 29.0 Å². The number of Topliss-reactive ketones (excluding diaryl/α,β-unsaturated/α-hetero) is 1. The van der Waals surface area contributed by atoms with Crippen LogP contribution < -0.4 is 21.1 Å². The molecule has 1 saturated heterocycles. The molecular weight excluding hydrogens is 592 g/mol. The third-order valence-electron chi connectivity index (χ3n) is 8.04. The van der Waals surface area contributed by atoms with Crippen LogP contribution in [0.5, 0.6) is 0 Å². The van der Waals surface area contributed by atoms with E-state index in [0.717, 1.165) is 35.7 Å². The van der Waals surface area contributed by atoms with Crippen LogP contribution in [0.1, 0.15) is 61.5 Å². The number of carbonyl (C=O) groups is 2. The molecule has 0 unspecified atom stereocenters. The summed E-state index contributed by atoms with van der Waals surface area (Å²) in [6, 6.07) is 3.31. The molecule has 44 heavy (non-hydrogen) atoms. The third-order valence-corrected chi connectivity index (χ3v) is 9.36. The molecule has 2 aliphatic rings. The van der Waals surface area contributed by atoms with Gasteiger partial charge in [0.25, 0.3) is 5.56 Å². The molecule has 15 nitrogen and oxygen atoms in total. The highest BCUT2D eigenvalue weighted by atomic mass is 32.2. The summed E-state index contributed by atoms with van der Waals surface area (Å²) in [6.45, 7) is 5.07. The van der Waals surface area contributed by atoms with Crippen LogP contribution >= 0.6 is 0 Å². The molecule has 3 N–H and O–H groups in total. The van der Waals surface area contributed by atoms with Gasteiger partial charge in [0.15, 0.2) is 5.78 Å². The second kappa shape index (κ2) is 12.8. The van der Waals surface area contributed by atoms with E-state index in [1.807, 2.05) is 17.9 Å². The molecule has 236 valence electrons. The van der Waals surface area contributed by atoms with Gasteiger partial charge < -0.3 is 24.8 Å². The zero-order valence-corrected chi connectivity index (χ0v) is 25.6. The van der Waals surface area contributed by atoms with Crippen molar-refractivity contribution in [2.75, 3.05) is 43.0 Å². The first-order chi connectivity index (χ1) is 21.0. The number of pyridine rings is 2. The van der Waals surface area contributed by atoms with Crippen LogP contribution in [0.15, 0.2) is 29.3 Å². The SMILES string of the molecule is CC(=O)c1c(C)c2cnc(Nc3ccc(N4CCN(S(=O)(=O)OC(=O)NCCO)C[C@@H]4C)cn3)nc2n(C2CCCC2)c1=O. The average Bonchev–Trinajstić information content (AvgIpc) is 3.51. The lowest BCUT2D eigenvalue weighted by molar-refractivity contribution is 0.101. The van der Waals surface area contributed by atoms with Gasteiger partial charge in [-0.15, -0.1) is 0 Å². The van der Waals surface area contributed by atoms with Gasteiger partial charge in [-0.2, -0.15) is 17.7 Å². The van der Waals surface area contributed by atoms with E-state index in [1.54, 1.807) is 30.0 Å². The number of nitrogens with zero attached hydrogens (tertiary/aromatic N) is 6. The number of aromatic nitrogens is 4. The van der Waals surface area contributed by atoms with Crippen LogP contribution in [-0.4, -0.2) is 88.1 Å². The molecule has 5 rings (SSSR count). The molecule has 1 saturated carbocycles. The lowest BCUT2D eigenvalue weighted by Gasteiger charge is -2.39. The first kappa shape index (κ1) is 31.3. The van der Waals surface area contributed by atoms with Gasteiger partial charge in [0.1, 0.15) is 11.5 Å². The number of piperazine rings is 1. The summed E-state index contributed by atoms with van der Waals surface area (Å²) in [4.78, 5) is 53.1. The number of aliphatic hydroxyl groups is 1. The topological polar surface area (TPSA) is 189 Å². The monoisotopic (exact) mass is 628 g/mol. The van der Waals surface area contributed by atoms with Crippen molar-refractivity contribution in [3.8, 4) is 0 Å². The van der Waals surface area contributed by atoms with Gasteiger partial charge in [0.05, 0.1) is 24.1 Å². The van der Waals surface area contributed by atoms with Crippen molar-refractivity contribution in [2.24, 2.45) is 0 Å². The number of carbonyl (C=O) groups excluding carboxylic acids is 2. The highest BCUT2D eigenvalue weighted by molar-refractivity contribution is 7.84. The van der Waals surface area contributed by atoms with Crippen LogP contribution in [0.3, 0.4) is 0 Å². The first-order valence-electron chi connectivity index (χ1n) is 14.5. The smallest absolute Gasteiger partial charge is 0.395 e. The summed E-state index contributed by atoms with van der Waals surface area (Å²) in [6.07, 6.45) is 5.84.